The van der Waals surface area contributed by atoms with Crippen LogP contribution in [0.15, 0.2) is 0 Å². The first kappa shape index (κ1) is 12.5. The monoisotopic (exact) mass is 214 g/mol. The summed E-state index contributed by atoms with van der Waals surface area (Å²) in [5.74, 6) is 0.197. The van der Waals surface area contributed by atoms with E-state index in [0.29, 0.717) is 5.92 Å². The molecule has 0 saturated carbocycles. The zero-order valence-electron chi connectivity index (χ0n) is 9.95. The molecule has 1 atom stereocenters. The second kappa shape index (κ2) is 6.08. The third kappa shape index (κ3) is 3.47. The van der Waals surface area contributed by atoms with Gasteiger partial charge in [-0.2, -0.15) is 0 Å². The molecule has 4 nitrogen and oxygen atoms in total. The van der Waals surface area contributed by atoms with E-state index in [4.69, 9.17) is 4.74 Å². The molecular weight excluding hydrogens is 192 g/mol. The largest absolute Gasteiger partial charge is 0.468 e. The normalized spacial score (nSPS) is 21.1. The molecule has 1 saturated heterocycles. The highest BCUT2D eigenvalue weighted by molar-refractivity contribution is 5.75. The molecule has 1 rings (SSSR count). The highest BCUT2D eigenvalue weighted by atomic mass is 16.5. The Morgan fingerprint density at radius 2 is 2.07 bits per heavy atom. The van der Waals surface area contributed by atoms with Crippen LogP contribution >= 0.6 is 0 Å². The van der Waals surface area contributed by atoms with Gasteiger partial charge in [0.05, 0.1) is 7.11 Å². The summed E-state index contributed by atoms with van der Waals surface area (Å²) in [4.78, 5) is 13.9. The van der Waals surface area contributed by atoms with Gasteiger partial charge in [0.25, 0.3) is 0 Å². The smallest absolute Gasteiger partial charge is 0.323 e. The Bertz CT molecular complexity index is 199. The van der Waals surface area contributed by atoms with Gasteiger partial charge in [0.15, 0.2) is 0 Å². The molecule has 1 unspecified atom stereocenters. The maximum Gasteiger partial charge on any atom is 0.323 e. The Morgan fingerprint density at radius 1 is 1.33 bits per heavy atom. The zero-order chi connectivity index (χ0) is 11.3. The Labute approximate surface area is 92.0 Å². The minimum Gasteiger partial charge on any atom is -0.468 e. The Hall–Kier alpha value is -0.610. The highest BCUT2D eigenvalue weighted by Crippen LogP contribution is 2.13. The number of nitrogens with zero attached hydrogens (tertiary/aromatic N) is 1. The fourth-order valence-electron chi connectivity index (χ4n) is 2.11. The molecule has 0 aliphatic carbocycles. The van der Waals surface area contributed by atoms with Gasteiger partial charge >= 0.3 is 5.97 Å². The number of hydrogen-bond donors (Lipinski definition) is 1. The van der Waals surface area contributed by atoms with Crippen molar-refractivity contribution in [1.82, 2.24) is 10.2 Å². The number of methoxy groups -OCH3 is 1. The van der Waals surface area contributed by atoms with Crippen molar-refractivity contribution in [3.8, 4) is 0 Å². The minimum atomic E-state index is -0.105. The van der Waals surface area contributed by atoms with Crippen LogP contribution in [-0.4, -0.2) is 50.2 Å². The first-order valence-electron chi connectivity index (χ1n) is 5.69. The standard InChI is InChI=1S/C11H22N2O2/c1-9(2)10(11(14)15-3)13-7-4-5-12-6-8-13/h9-10,12H,4-8H2,1-3H3. The summed E-state index contributed by atoms with van der Waals surface area (Å²) in [6.07, 6.45) is 1.10. The number of rotatable bonds is 3. The van der Waals surface area contributed by atoms with Crippen molar-refractivity contribution in [1.29, 1.82) is 0 Å². The van der Waals surface area contributed by atoms with Gasteiger partial charge in [-0.3, -0.25) is 9.69 Å². The fourth-order valence-corrected chi connectivity index (χ4v) is 2.11. The summed E-state index contributed by atoms with van der Waals surface area (Å²) in [5, 5.41) is 3.33. The van der Waals surface area contributed by atoms with Crippen LogP contribution in [0.5, 0.6) is 0 Å². The zero-order valence-corrected chi connectivity index (χ0v) is 9.95. The lowest BCUT2D eigenvalue weighted by Crippen LogP contribution is -2.46. The van der Waals surface area contributed by atoms with E-state index < -0.39 is 0 Å². The molecule has 1 heterocycles. The van der Waals surface area contributed by atoms with Crippen LogP contribution < -0.4 is 5.32 Å². The van der Waals surface area contributed by atoms with Crippen molar-refractivity contribution in [2.45, 2.75) is 26.3 Å². The Balaban J connectivity index is 2.64. The summed E-state index contributed by atoms with van der Waals surface area (Å²) in [6.45, 7) is 8.05. The molecule has 0 bridgehead atoms. The predicted molar refractivity (Wildman–Crippen MR) is 59.7 cm³/mol. The van der Waals surface area contributed by atoms with Gasteiger partial charge in [-0.05, 0) is 18.9 Å². The molecule has 1 aliphatic heterocycles. The predicted octanol–water partition coefficient (Wildman–Crippen LogP) is 0.479. The van der Waals surface area contributed by atoms with Crippen LogP contribution in [0, 0.1) is 5.92 Å². The molecule has 1 fully saturated rings. The van der Waals surface area contributed by atoms with Gasteiger partial charge in [0.1, 0.15) is 6.04 Å². The molecule has 0 amide bonds. The number of carbonyl (C=O) groups is 1. The molecule has 1 aliphatic rings. The summed E-state index contributed by atoms with van der Waals surface area (Å²) in [7, 11) is 1.47. The summed E-state index contributed by atoms with van der Waals surface area (Å²) in [6, 6.07) is -0.0881. The van der Waals surface area contributed by atoms with E-state index >= 15 is 0 Å². The van der Waals surface area contributed by atoms with E-state index in [2.05, 4.69) is 24.1 Å². The van der Waals surface area contributed by atoms with E-state index in [1.165, 1.54) is 7.11 Å². The number of nitrogens with one attached hydrogen (secondary N) is 1. The first-order valence-corrected chi connectivity index (χ1v) is 5.69. The van der Waals surface area contributed by atoms with E-state index in [1.807, 2.05) is 0 Å². The van der Waals surface area contributed by atoms with Crippen molar-refractivity contribution >= 4 is 5.97 Å². The molecule has 0 spiro atoms. The summed E-state index contributed by atoms with van der Waals surface area (Å²) < 4.78 is 4.87. The molecular formula is C11H22N2O2. The van der Waals surface area contributed by atoms with Gasteiger partial charge in [0.2, 0.25) is 0 Å². The minimum absolute atomic E-state index is 0.0881. The van der Waals surface area contributed by atoms with Crippen molar-refractivity contribution < 1.29 is 9.53 Å². The fraction of sp³-hybridized carbons (Fsp3) is 0.909. The lowest BCUT2D eigenvalue weighted by atomic mass is 10.0. The number of carbonyl (C=O) groups excluding carboxylic acids is 1. The topological polar surface area (TPSA) is 41.6 Å². The van der Waals surface area contributed by atoms with Crippen LogP contribution in [0.1, 0.15) is 20.3 Å². The van der Waals surface area contributed by atoms with Crippen molar-refractivity contribution in [2.24, 2.45) is 5.92 Å². The molecule has 0 aromatic rings. The van der Waals surface area contributed by atoms with Crippen LogP contribution in [-0.2, 0) is 9.53 Å². The van der Waals surface area contributed by atoms with Gasteiger partial charge in [-0.15, -0.1) is 0 Å². The second-order valence-corrected chi connectivity index (χ2v) is 4.35. The molecule has 15 heavy (non-hydrogen) atoms. The lowest BCUT2D eigenvalue weighted by molar-refractivity contribution is -0.148. The maximum absolute atomic E-state index is 11.7. The summed E-state index contributed by atoms with van der Waals surface area (Å²) >= 11 is 0. The molecule has 0 radical (unpaired) electrons. The van der Waals surface area contributed by atoms with Gasteiger partial charge in [0, 0.05) is 19.6 Å². The molecule has 1 N–H and O–H groups in total. The van der Waals surface area contributed by atoms with Gasteiger partial charge < -0.3 is 10.1 Å². The SMILES string of the molecule is COC(=O)C(C(C)C)N1CCCNCC1. The molecule has 0 aromatic carbocycles. The average Bonchev–Trinajstić information content (AvgIpc) is 2.46. The second-order valence-electron chi connectivity index (χ2n) is 4.35. The number of esters is 1. The van der Waals surface area contributed by atoms with Crippen molar-refractivity contribution in [3.63, 3.8) is 0 Å². The molecule has 0 aromatic heterocycles. The maximum atomic E-state index is 11.7. The van der Waals surface area contributed by atoms with Crippen LogP contribution in [0.3, 0.4) is 0 Å². The van der Waals surface area contributed by atoms with Crippen LogP contribution in [0.2, 0.25) is 0 Å². The lowest BCUT2D eigenvalue weighted by Gasteiger charge is -2.30. The van der Waals surface area contributed by atoms with Crippen molar-refractivity contribution in [3.05, 3.63) is 0 Å². The Kier molecular flexibility index (Phi) is 5.05. The van der Waals surface area contributed by atoms with Gasteiger partial charge in [-0.25, -0.2) is 0 Å². The van der Waals surface area contributed by atoms with Crippen LogP contribution in [0.4, 0.5) is 0 Å². The number of hydrogen-bond acceptors (Lipinski definition) is 4. The third-order valence-electron chi connectivity index (χ3n) is 2.84. The quantitative estimate of drug-likeness (QED) is 0.694. The Morgan fingerprint density at radius 3 is 2.67 bits per heavy atom. The van der Waals surface area contributed by atoms with E-state index in [-0.39, 0.29) is 12.0 Å². The molecule has 4 heteroatoms. The van der Waals surface area contributed by atoms with Gasteiger partial charge in [-0.1, -0.05) is 13.8 Å². The summed E-state index contributed by atoms with van der Waals surface area (Å²) in [5.41, 5.74) is 0. The van der Waals surface area contributed by atoms with Crippen molar-refractivity contribution in [2.75, 3.05) is 33.3 Å². The average molecular weight is 214 g/mol. The van der Waals surface area contributed by atoms with E-state index in [9.17, 15) is 4.79 Å². The first-order chi connectivity index (χ1) is 7.16. The van der Waals surface area contributed by atoms with Crippen LogP contribution in [0.25, 0.3) is 0 Å². The van der Waals surface area contributed by atoms with E-state index in [1.54, 1.807) is 0 Å². The third-order valence-corrected chi connectivity index (χ3v) is 2.84. The van der Waals surface area contributed by atoms with E-state index in [0.717, 1.165) is 32.6 Å². The number of ether oxygens (including phenoxy) is 1. The highest BCUT2D eigenvalue weighted by Gasteiger charge is 2.29. The molecule has 88 valence electrons.